The number of aromatic hydroxyl groups is 1. The fourth-order valence-corrected chi connectivity index (χ4v) is 6.27. The van der Waals surface area contributed by atoms with Gasteiger partial charge >= 0.3 is 5.97 Å². The molecule has 1 aliphatic rings. The molecule has 0 unspecified atom stereocenters. The number of phenolic OH excluding ortho intramolecular Hbond substituents is 1. The quantitative estimate of drug-likeness (QED) is 0.0872. The lowest BCUT2D eigenvalue weighted by atomic mass is 9.89. The summed E-state index contributed by atoms with van der Waals surface area (Å²) in [5, 5.41) is 33.2. The normalized spacial score (nSPS) is 21.6. The van der Waals surface area contributed by atoms with Gasteiger partial charge in [0.25, 0.3) is 0 Å². The highest BCUT2D eigenvalue weighted by Crippen LogP contribution is 2.19. The number of ketones is 1. The Bertz CT molecular complexity index is 1420. The van der Waals surface area contributed by atoms with Gasteiger partial charge in [-0.1, -0.05) is 26.0 Å². The Labute approximate surface area is 323 Å². The van der Waals surface area contributed by atoms with E-state index in [2.05, 4.69) is 26.6 Å². The number of hydrogen-bond donors (Lipinski definition) is 10. The first-order valence-corrected chi connectivity index (χ1v) is 19.3. The van der Waals surface area contributed by atoms with E-state index in [-0.39, 0.29) is 81.9 Å². The molecule has 6 atom stereocenters. The number of aliphatic carboxylic acids is 1. The van der Waals surface area contributed by atoms with E-state index in [4.69, 9.17) is 17.2 Å². The molecule has 1 aliphatic heterocycles. The minimum Gasteiger partial charge on any atom is -0.508 e. The maximum atomic E-state index is 14.1. The van der Waals surface area contributed by atoms with E-state index in [0.717, 1.165) is 0 Å². The number of amides is 5. The van der Waals surface area contributed by atoms with Crippen LogP contribution in [-0.4, -0.2) is 101 Å². The number of carboxylic acid groups (broad SMARTS) is 1. The lowest BCUT2D eigenvalue weighted by Gasteiger charge is -2.27. The average molecular weight is 775 g/mol. The Kier molecular flexibility index (Phi) is 20.9. The highest BCUT2D eigenvalue weighted by molar-refractivity contribution is 5.96. The Morgan fingerprint density at radius 3 is 2.00 bits per heavy atom. The predicted molar refractivity (Wildman–Crippen MR) is 205 cm³/mol. The van der Waals surface area contributed by atoms with Gasteiger partial charge in [-0.15, -0.1) is 0 Å². The molecule has 5 amide bonds. The van der Waals surface area contributed by atoms with E-state index >= 15 is 0 Å². The number of nitrogens with two attached hydrogens (primary N) is 3. The molecule has 17 nitrogen and oxygen atoms in total. The van der Waals surface area contributed by atoms with Crippen molar-refractivity contribution in [3.63, 3.8) is 0 Å². The molecule has 13 N–H and O–H groups in total. The minimum absolute atomic E-state index is 0.00442. The van der Waals surface area contributed by atoms with E-state index < -0.39 is 71.5 Å². The van der Waals surface area contributed by atoms with Crippen LogP contribution in [0, 0.1) is 11.8 Å². The molecule has 0 bridgehead atoms. The molecule has 0 aliphatic carbocycles. The van der Waals surface area contributed by atoms with Gasteiger partial charge < -0.3 is 54.0 Å². The summed E-state index contributed by atoms with van der Waals surface area (Å²) in [4.78, 5) is 93.0. The first-order valence-electron chi connectivity index (χ1n) is 19.3. The van der Waals surface area contributed by atoms with Gasteiger partial charge in [0.1, 0.15) is 23.9 Å². The number of carbonyl (C=O) groups is 7. The van der Waals surface area contributed by atoms with E-state index in [0.29, 0.717) is 44.3 Å². The van der Waals surface area contributed by atoms with E-state index in [1.165, 1.54) is 12.1 Å². The highest BCUT2D eigenvalue weighted by Gasteiger charge is 2.33. The van der Waals surface area contributed by atoms with Crippen LogP contribution in [0.25, 0.3) is 0 Å². The third kappa shape index (κ3) is 17.6. The number of phenols is 1. The lowest BCUT2D eigenvalue weighted by Crippen LogP contribution is -2.58. The molecule has 1 saturated heterocycles. The van der Waals surface area contributed by atoms with Crippen molar-refractivity contribution in [2.45, 2.75) is 128 Å². The number of carbonyl (C=O) groups excluding carboxylic acids is 6. The topological polar surface area (TPSA) is 298 Å². The van der Waals surface area contributed by atoms with Gasteiger partial charge in [-0.25, -0.2) is 0 Å². The summed E-state index contributed by atoms with van der Waals surface area (Å²) in [5.74, 6) is -5.72. The molecule has 0 aromatic heterocycles. The first-order chi connectivity index (χ1) is 26.1. The SMILES string of the molecule is CC(C)C[C@H](CC(=O)[C@H](Cc1ccc(O)cc1)NC(=O)[C@@H]1CCCNC(=O)CC[C@H](N)C(=O)N[C@@H](CCCCN)C(=O)N[C@@H](CCCCN)C(=O)N1)C(=O)O. The molecule has 0 saturated carbocycles. The molecular weight excluding hydrogens is 712 g/mol. The van der Waals surface area contributed by atoms with Crippen LogP contribution < -0.4 is 43.8 Å². The molecule has 1 fully saturated rings. The van der Waals surface area contributed by atoms with Gasteiger partial charge in [0.2, 0.25) is 29.5 Å². The number of unbranched alkanes of at least 4 members (excludes halogenated alkanes) is 2. The number of benzene rings is 1. The Morgan fingerprint density at radius 2 is 1.44 bits per heavy atom. The maximum absolute atomic E-state index is 14.1. The molecule has 17 heteroatoms. The summed E-state index contributed by atoms with van der Waals surface area (Å²) in [6, 6.07) is 0.333. The van der Waals surface area contributed by atoms with Crippen LogP contribution >= 0.6 is 0 Å². The number of rotatable bonds is 18. The molecule has 0 radical (unpaired) electrons. The van der Waals surface area contributed by atoms with E-state index in [1.54, 1.807) is 12.1 Å². The summed E-state index contributed by atoms with van der Waals surface area (Å²) in [5.41, 5.74) is 18.0. The summed E-state index contributed by atoms with van der Waals surface area (Å²) < 4.78 is 0. The lowest BCUT2D eigenvalue weighted by molar-refractivity contribution is -0.144. The summed E-state index contributed by atoms with van der Waals surface area (Å²) in [6.07, 6.45) is 2.50. The highest BCUT2D eigenvalue weighted by atomic mass is 16.4. The van der Waals surface area contributed by atoms with Crippen LogP contribution in [-0.2, 0) is 40.0 Å². The van der Waals surface area contributed by atoms with Gasteiger partial charge in [-0.3, -0.25) is 33.6 Å². The van der Waals surface area contributed by atoms with Gasteiger partial charge in [0.15, 0.2) is 5.78 Å². The zero-order valence-corrected chi connectivity index (χ0v) is 32.1. The second-order valence-electron chi connectivity index (χ2n) is 14.7. The molecule has 1 aromatic carbocycles. The van der Waals surface area contributed by atoms with Gasteiger partial charge in [-0.2, -0.15) is 0 Å². The summed E-state index contributed by atoms with van der Waals surface area (Å²) in [7, 11) is 0. The van der Waals surface area contributed by atoms with Crippen LogP contribution in [0.5, 0.6) is 5.75 Å². The average Bonchev–Trinajstić information content (AvgIpc) is 3.13. The van der Waals surface area contributed by atoms with E-state index in [9.17, 15) is 43.8 Å². The van der Waals surface area contributed by atoms with Crippen LogP contribution in [0.2, 0.25) is 0 Å². The van der Waals surface area contributed by atoms with Crippen LogP contribution in [0.1, 0.15) is 96.5 Å². The third-order valence-corrected chi connectivity index (χ3v) is 9.44. The van der Waals surface area contributed by atoms with Crippen molar-refractivity contribution in [1.29, 1.82) is 0 Å². The fraction of sp³-hybridized carbons (Fsp3) is 0.658. The van der Waals surface area contributed by atoms with Crippen molar-refractivity contribution in [2.75, 3.05) is 19.6 Å². The fourth-order valence-electron chi connectivity index (χ4n) is 6.27. The summed E-state index contributed by atoms with van der Waals surface area (Å²) >= 11 is 0. The third-order valence-electron chi connectivity index (χ3n) is 9.44. The standard InChI is InChI=1S/C38H62N8O9/c1-23(2)20-25(38(54)55)22-32(48)31(21-24-11-13-26(47)14-12-24)46-37(53)30-10-7-19-42-33(49)16-15-27(41)34(50)43-28(8-3-5-17-39)35(51)44-29(36(52)45-30)9-4-6-18-40/h11-14,23,25,27-31,47H,3-10,15-22,39-41H2,1-2H3,(H,42,49)(H,43,50)(H,44,51)(H,45,52)(H,46,53)(H,54,55)/t25-,27+,28+,29+,30+,31+/m1/s1. The van der Waals surface area contributed by atoms with Crippen LogP contribution in [0.3, 0.4) is 0 Å². The Morgan fingerprint density at radius 1 is 0.855 bits per heavy atom. The second kappa shape index (κ2) is 24.7. The maximum Gasteiger partial charge on any atom is 0.306 e. The number of hydrogen-bond acceptors (Lipinski definition) is 11. The molecule has 55 heavy (non-hydrogen) atoms. The van der Waals surface area contributed by atoms with Crippen molar-refractivity contribution in [1.82, 2.24) is 26.6 Å². The van der Waals surface area contributed by atoms with Crippen molar-refractivity contribution in [3.05, 3.63) is 29.8 Å². The molecule has 308 valence electrons. The minimum atomic E-state index is -1.23. The van der Waals surface area contributed by atoms with Crippen molar-refractivity contribution < 1.29 is 43.8 Å². The molecule has 1 heterocycles. The smallest absolute Gasteiger partial charge is 0.306 e. The van der Waals surface area contributed by atoms with Crippen molar-refractivity contribution >= 4 is 41.3 Å². The number of nitrogens with one attached hydrogen (secondary N) is 5. The molecular formula is C38H62N8O9. The predicted octanol–water partition coefficient (Wildman–Crippen LogP) is -0.144. The monoisotopic (exact) mass is 774 g/mol. The van der Waals surface area contributed by atoms with Gasteiger partial charge in [0.05, 0.1) is 18.0 Å². The van der Waals surface area contributed by atoms with Crippen molar-refractivity contribution in [2.24, 2.45) is 29.0 Å². The zero-order valence-electron chi connectivity index (χ0n) is 32.1. The Balaban J connectivity index is 2.46. The van der Waals surface area contributed by atoms with Crippen molar-refractivity contribution in [3.8, 4) is 5.75 Å². The van der Waals surface area contributed by atoms with Gasteiger partial charge in [-0.05, 0) is 107 Å². The second-order valence-corrected chi connectivity index (χ2v) is 14.7. The number of Topliss-reactive ketones (excluding diaryl/α,β-unsaturated/α-hetero) is 1. The molecule has 1 aromatic rings. The van der Waals surface area contributed by atoms with Crippen LogP contribution in [0.4, 0.5) is 0 Å². The zero-order chi connectivity index (χ0) is 40.9. The van der Waals surface area contributed by atoms with E-state index in [1.807, 2.05) is 13.8 Å². The Hall–Kier alpha value is -4.61. The number of carboxylic acids is 1. The van der Waals surface area contributed by atoms with Crippen LogP contribution in [0.15, 0.2) is 24.3 Å². The molecule has 0 spiro atoms. The summed E-state index contributed by atoms with van der Waals surface area (Å²) in [6.45, 7) is 4.51. The first kappa shape index (κ1) is 46.5. The molecule has 2 rings (SSSR count). The van der Waals surface area contributed by atoms with Gasteiger partial charge in [0, 0.05) is 19.4 Å². The largest absolute Gasteiger partial charge is 0.508 e.